The molecular weight excluding hydrogens is 347 g/mol. The lowest BCUT2D eigenvalue weighted by Crippen LogP contribution is -2.12. The maximum atomic E-state index is 11.3. The number of ether oxygens (including phenoxy) is 2. The highest BCUT2D eigenvalue weighted by molar-refractivity contribution is 14.1. The van der Waals surface area contributed by atoms with Gasteiger partial charge in [0.15, 0.2) is 0 Å². The van der Waals surface area contributed by atoms with Gasteiger partial charge in [-0.25, -0.2) is 4.98 Å². The van der Waals surface area contributed by atoms with Crippen molar-refractivity contribution >= 4 is 22.6 Å². The van der Waals surface area contributed by atoms with Crippen LogP contribution in [0.25, 0.3) is 0 Å². The normalized spacial score (nSPS) is 10.1. The van der Waals surface area contributed by atoms with Gasteiger partial charge >= 0.3 is 0 Å². The molecule has 6 heteroatoms. The number of methoxy groups -OCH3 is 1. The minimum absolute atomic E-state index is 0.199. The number of rotatable bonds is 4. The number of hydrogen-bond donors (Lipinski definition) is 1. The van der Waals surface area contributed by atoms with Crippen molar-refractivity contribution in [1.29, 1.82) is 0 Å². The highest BCUT2D eigenvalue weighted by atomic mass is 127. The standard InChI is InChI=1S/C12H11IN2O3/c1-17-9-4-2-8(3-5-9)6-18-12-10(13)11(16)14-7-15-12/h2-5,7H,6H2,1H3,(H,14,15,16). The van der Waals surface area contributed by atoms with Crippen LogP contribution in [0.15, 0.2) is 35.4 Å². The van der Waals surface area contributed by atoms with Gasteiger partial charge in [-0.2, -0.15) is 0 Å². The zero-order valence-corrected chi connectivity index (χ0v) is 11.8. The van der Waals surface area contributed by atoms with Crippen molar-refractivity contribution in [2.24, 2.45) is 0 Å². The predicted molar refractivity (Wildman–Crippen MR) is 74.9 cm³/mol. The van der Waals surface area contributed by atoms with Gasteiger partial charge in [0.05, 0.1) is 13.4 Å². The van der Waals surface area contributed by atoms with Crippen molar-refractivity contribution in [3.63, 3.8) is 0 Å². The number of halogens is 1. The van der Waals surface area contributed by atoms with Crippen molar-refractivity contribution < 1.29 is 9.47 Å². The molecule has 0 aliphatic carbocycles. The first-order valence-corrected chi connectivity index (χ1v) is 6.27. The first kappa shape index (κ1) is 12.9. The molecule has 2 rings (SSSR count). The van der Waals surface area contributed by atoms with E-state index in [-0.39, 0.29) is 5.56 Å². The highest BCUT2D eigenvalue weighted by Gasteiger charge is 2.06. The van der Waals surface area contributed by atoms with Crippen LogP contribution < -0.4 is 15.0 Å². The Balaban J connectivity index is 2.06. The van der Waals surface area contributed by atoms with Crippen LogP contribution in [0.4, 0.5) is 0 Å². The van der Waals surface area contributed by atoms with Crippen LogP contribution >= 0.6 is 22.6 Å². The molecule has 1 N–H and O–H groups in total. The van der Waals surface area contributed by atoms with Crippen LogP contribution in [0.3, 0.4) is 0 Å². The fourth-order valence-corrected chi connectivity index (χ4v) is 1.79. The van der Waals surface area contributed by atoms with Gasteiger partial charge in [-0.3, -0.25) is 4.79 Å². The number of aromatic amines is 1. The number of benzene rings is 1. The summed E-state index contributed by atoms with van der Waals surface area (Å²) in [6, 6.07) is 7.52. The first-order chi connectivity index (χ1) is 8.70. The van der Waals surface area contributed by atoms with Crippen LogP contribution in [-0.2, 0) is 6.61 Å². The van der Waals surface area contributed by atoms with Gasteiger partial charge < -0.3 is 14.5 Å². The van der Waals surface area contributed by atoms with Gasteiger partial charge in [0, 0.05) is 0 Å². The maximum absolute atomic E-state index is 11.3. The second-order valence-corrected chi connectivity index (χ2v) is 4.57. The molecule has 18 heavy (non-hydrogen) atoms. The van der Waals surface area contributed by atoms with E-state index >= 15 is 0 Å². The molecule has 0 saturated heterocycles. The van der Waals surface area contributed by atoms with Crippen LogP contribution in [0, 0.1) is 3.57 Å². The Kier molecular flexibility index (Phi) is 4.19. The lowest BCUT2D eigenvalue weighted by Gasteiger charge is -2.06. The van der Waals surface area contributed by atoms with Crippen molar-refractivity contribution in [1.82, 2.24) is 9.97 Å². The molecule has 1 aromatic heterocycles. The smallest absolute Gasteiger partial charge is 0.268 e. The summed E-state index contributed by atoms with van der Waals surface area (Å²) in [5.74, 6) is 1.14. The van der Waals surface area contributed by atoms with E-state index in [0.29, 0.717) is 16.1 Å². The molecule has 1 heterocycles. The molecule has 2 aromatic rings. The second kappa shape index (κ2) is 5.85. The number of H-pyrrole nitrogens is 1. The average molecular weight is 358 g/mol. The van der Waals surface area contributed by atoms with E-state index in [1.807, 2.05) is 46.9 Å². The Labute approximate surface area is 117 Å². The third-order valence-electron chi connectivity index (χ3n) is 2.30. The van der Waals surface area contributed by atoms with Gasteiger partial charge in [0.1, 0.15) is 15.9 Å². The molecule has 0 radical (unpaired) electrons. The number of aromatic nitrogens is 2. The average Bonchev–Trinajstić information content (AvgIpc) is 2.41. The lowest BCUT2D eigenvalue weighted by atomic mass is 10.2. The molecule has 0 bridgehead atoms. The van der Waals surface area contributed by atoms with Gasteiger partial charge in [-0.1, -0.05) is 12.1 Å². The fourth-order valence-electron chi connectivity index (χ4n) is 1.34. The maximum Gasteiger partial charge on any atom is 0.268 e. The molecule has 0 saturated carbocycles. The van der Waals surface area contributed by atoms with Crippen LogP contribution in [0.1, 0.15) is 5.56 Å². The molecule has 0 spiro atoms. The van der Waals surface area contributed by atoms with Gasteiger partial charge in [0.25, 0.3) is 5.56 Å². The van der Waals surface area contributed by atoms with Crippen molar-refractivity contribution in [3.05, 3.63) is 50.1 Å². The molecule has 0 aliphatic heterocycles. The summed E-state index contributed by atoms with van der Waals surface area (Å²) in [6.45, 7) is 0.358. The predicted octanol–water partition coefficient (Wildman–Crippen LogP) is 1.96. The van der Waals surface area contributed by atoms with E-state index in [0.717, 1.165) is 11.3 Å². The first-order valence-electron chi connectivity index (χ1n) is 5.19. The Morgan fingerprint density at radius 1 is 1.33 bits per heavy atom. The van der Waals surface area contributed by atoms with E-state index in [2.05, 4.69) is 9.97 Å². The molecule has 0 aliphatic rings. The van der Waals surface area contributed by atoms with E-state index in [4.69, 9.17) is 9.47 Å². The third-order valence-corrected chi connectivity index (χ3v) is 3.25. The monoisotopic (exact) mass is 358 g/mol. The Hall–Kier alpha value is -1.57. The number of nitrogens with zero attached hydrogens (tertiary/aromatic N) is 1. The number of hydrogen-bond acceptors (Lipinski definition) is 4. The van der Waals surface area contributed by atoms with Crippen molar-refractivity contribution in [2.45, 2.75) is 6.61 Å². The summed E-state index contributed by atoms with van der Waals surface area (Å²) in [5.41, 5.74) is 0.781. The molecule has 0 amide bonds. The Bertz CT molecular complexity index is 581. The van der Waals surface area contributed by atoms with Gasteiger partial charge in [-0.05, 0) is 40.3 Å². The Morgan fingerprint density at radius 2 is 2.06 bits per heavy atom. The summed E-state index contributed by atoms with van der Waals surface area (Å²) in [4.78, 5) is 17.8. The molecule has 5 nitrogen and oxygen atoms in total. The van der Waals surface area contributed by atoms with Crippen molar-refractivity contribution in [2.75, 3.05) is 7.11 Å². The van der Waals surface area contributed by atoms with E-state index < -0.39 is 0 Å². The molecule has 0 fully saturated rings. The minimum atomic E-state index is -0.199. The highest BCUT2D eigenvalue weighted by Crippen LogP contribution is 2.16. The van der Waals surface area contributed by atoms with E-state index in [9.17, 15) is 4.79 Å². The van der Waals surface area contributed by atoms with Gasteiger partial charge in [0.2, 0.25) is 5.88 Å². The zero-order chi connectivity index (χ0) is 13.0. The van der Waals surface area contributed by atoms with Crippen LogP contribution in [0.5, 0.6) is 11.6 Å². The summed E-state index contributed by atoms with van der Waals surface area (Å²) < 4.78 is 11.0. The summed E-state index contributed by atoms with van der Waals surface area (Å²) >= 11 is 1.91. The Morgan fingerprint density at radius 3 is 2.72 bits per heavy atom. The summed E-state index contributed by atoms with van der Waals surface area (Å²) in [6.07, 6.45) is 1.33. The third kappa shape index (κ3) is 3.00. The van der Waals surface area contributed by atoms with Crippen LogP contribution in [-0.4, -0.2) is 17.1 Å². The quantitative estimate of drug-likeness (QED) is 0.849. The van der Waals surface area contributed by atoms with Crippen molar-refractivity contribution in [3.8, 4) is 11.6 Å². The summed E-state index contributed by atoms with van der Waals surface area (Å²) in [7, 11) is 1.62. The molecule has 94 valence electrons. The SMILES string of the molecule is COc1ccc(COc2nc[nH]c(=O)c2I)cc1. The fraction of sp³-hybridized carbons (Fsp3) is 0.167. The van der Waals surface area contributed by atoms with E-state index in [1.165, 1.54) is 6.33 Å². The minimum Gasteiger partial charge on any atom is -0.497 e. The zero-order valence-electron chi connectivity index (χ0n) is 9.64. The molecular formula is C12H11IN2O3. The van der Waals surface area contributed by atoms with Crippen LogP contribution in [0.2, 0.25) is 0 Å². The molecule has 1 aromatic carbocycles. The van der Waals surface area contributed by atoms with Gasteiger partial charge in [-0.15, -0.1) is 0 Å². The van der Waals surface area contributed by atoms with E-state index in [1.54, 1.807) is 7.11 Å². The lowest BCUT2D eigenvalue weighted by molar-refractivity contribution is 0.290. The summed E-state index contributed by atoms with van der Waals surface area (Å²) in [5, 5.41) is 0. The largest absolute Gasteiger partial charge is 0.497 e. The molecule has 0 unspecified atom stereocenters. The number of nitrogens with one attached hydrogen (secondary N) is 1. The molecule has 0 atom stereocenters. The second-order valence-electron chi connectivity index (χ2n) is 3.49. The topological polar surface area (TPSA) is 64.2 Å².